The smallest absolute Gasteiger partial charge is 0.260 e. The van der Waals surface area contributed by atoms with E-state index in [0.29, 0.717) is 22.0 Å². The van der Waals surface area contributed by atoms with E-state index in [-0.39, 0.29) is 5.56 Å². The van der Waals surface area contributed by atoms with E-state index in [1.54, 1.807) is 18.2 Å². The van der Waals surface area contributed by atoms with Gasteiger partial charge in [0.2, 0.25) is 0 Å². The molecule has 0 amide bonds. The zero-order valence-electron chi connectivity index (χ0n) is 12.7. The van der Waals surface area contributed by atoms with Gasteiger partial charge in [0.25, 0.3) is 5.56 Å². The summed E-state index contributed by atoms with van der Waals surface area (Å²) in [6.45, 7) is 5.78. The van der Waals surface area contributed by atoms with E-state index in [1.807, 2.05) is 20.8 Å². The van der Waals surface area contributed by atoms with Gasteiger partial charge in [0, 0.05) is 9.90 Å². The summed E-state index contributed by atoms with van der Waals surface area (Å²) in [6.07, 6.45) is -0.396. The molecule has 3 rings (SSSR count). The van der Waals surface area contributed by atoms with Gasteiger partial charge in [0.1, 0.15) is 10.6 Å². The van der Waals surface area contributed by atoms with E-state index in [2.05, 4.69) is 25.9 Å². The molecule has 1 aromatic carbocycles. The zero-order chi connectivity index (χ0) is 16.7. The number of nitrogens with zero attached hydrogens (tertiary/aromatic N) is 1. The van der Waals surface area contributed by atoms with Gasteiger partial charge in [0.15, 0.2) is 11.9 Å². The third-order valence-corrected chi connectivity index (χ3v) is 5.60. The Bertz CT molecular complexity index is 951. The van der Waals surface area contributed by atoms with Crippen molar-refractivity contribution in [1.82, 2.24) is 9.97 Å². The van der Waals surface area contributed by atoms with Crippen LogP contribution in [0, 0.1) is 13.8 Å². The van der Waals surface area contributed by atoms with Crippen LogP contribution in [0.25, 0.3) is 10.2 Å². The Kier molecular flexibility index (Phi) is 4.49. The lowest BCUT2D eigenvalue weighted by molar-refractivity contribution is 0.215. The summed E-state index contributed by atoms with van der Waals surface area (Å²) >= 11 is 10.9. The second-order valence-corrected chi connectivity index (χ2v) is 7.74. The molecule has 1 N–H and O–H groups in total. The Hall–Kier alpha value is -1.37. The molecule has 0 aliphatic rings. The monoisotopic (exact) mass is 412 g/mol. The number of hydrogen-bond acceptors (Lipinski definition) is 4. The minimum atomic E-state index is -0.396. The minimum Gasteiger partial charge on any atom is -0.482 e. The Labute approximate surface area is 150 Å². The first-order valence-corrected chi connectivity index (χ1v) is 8.97. The molecule has 0 spiro atoms. The highest BCUT2D eigenvalue weighted by atomic mass is 79.9. The molecule has 0 bridgehead atoms. The molecule has 2 aromatic heterocycles. The van der Waals surface area contributed by atoms with Crippen LogP contribution in [-0.2, 0) is 0 Å². The fourth-order valence-electron chi connectivity index (χ4n) is 2.28. The van der Waals surface area contributed by atoms with Gasteiger partial charge in [-0.2, -0.15) is 0 Å². The first kappa shape index (κ1) is 16.5. The van der Waals surface area contributed by atoms with Crippen molar-refractivity contribution in [3.63, 3.8) is 0 Å². The van der Waals surface area contributed by atoms with Gasteiger partial charge < -0.3 is 9.72 Å². The van der Waals surface area contributed by atoms with E-state index in [4.69, 9.17) is 16.3 Å². The molecule has 3 aromatic rings. The molecule has 2 heterocycles. The fourth-order valence-corrected chi connectivity index (χ4v) is 4.09. The van der Waals surface area contributed by atoms with Crippen LogP contribution in [0.3, 0.4) is 0 Å². The number of aromatic nitrogens is 2. The van der Waals surface area contributed by atoms with Crippen LogP contribution in [0.1, 0.15) is 29.3 Å². The topological polar surface area (TPSA) is 55.0 Å². The van der Waals surface area contributed by atoms with Crippen molar-refractivity contribution >= 4 is 49.1 Å². The summed E-state index contributed by atoms with van der Waals surface area (Å²) in [6, 6.07) is 5.29. The molecule has 1 atom stereocenters. The van der Waals surface area contributed by atoms with Crippen molar-refractivity contribution < 1.29 is 4.74 Å². The van der Waals surface area contributed by atoms with Crippen LogP contribution in [0.5, 0.6) is 5.75 Å². The van der Waals surface area contributed by atoms with Gasteiger partial charge in [0.05, 0.1) is 9.86 Å². The molecule has 7 heteroatoms. The van der Waals surface area contributed by atoms with Gasteiger partial charge in [-0.25, -0.2) is 4.98 Å². The van der Waals surface area contributed by atoms with Gasteiger partial charge >= 0.3 is 0 Å². The molecule has 23 heavy (non-hydrogen) atoms. The molecule has 0 saturated carbocycles. The normalized spacial score (nSPS) is 12.6. The molecular weight excluding hydrogens is 400 g/mol. The highest BCUT2D eigenvalue weighted by molar-refractivity contribution is 9.10. The molecule has 0 saturated heterocycles. The number of benzene rings is 1. The van der Waals surface area contributed by atoms with Gasteiger partial charge in [-0.15, -0.1) is 11.3 Å². The number of aromatic amines is 1. The number of rotatable bonds is 3. The number of fused-ring (bicyclic) bond motifs is 1. The lowest BCUT2D eigenvalue weighted by atomic mass is 10.2. The Morgan fingerprint density at radius 2 is 2.13 bits per heavy atom. The molecule has 120 valence electrons. The number of halogens is 2. The van der Waals surface area contributed by atoms with E-state index < -0.39 is 6.10 Å². The second-order valence-electron chi connectivity index (χ2n) is 5.25. The number of hydrogen-bond donors (Lipinski definition) is 1. The van der Waals surface area contributed by atoms with Crippen LogP contribution >= 0.6 is 38.9 Å². The van der Waals surface area contributed by atoms with Crippen molar-refractivity contribution in [1.29, 1.82) is 0 Å². The lowest BCUT2D eigenvalue weighted by Crippen LogP contribution is -2.16. The van der Waals surface area contributed by atoms with E-state index >= 15 is 0 Å². The van der Waals surface area contributed by atoms with Crippen LogP contribution in [0.2, 0.25) is 5.02 Å². The van der Waals surface area contributed by atoms with Crippen LogP contribution in [-0.4, -0.2) is 9.97 Å². The average Bonchev–Trinajstić information content (AvgIpc) is 2.77. The van der Waals surface area contributed by atoms with Crippen molar-refractivity contribution in [3.05, 3.63) is 54.3 Å². The molecule has 4 nitrogen and oxygen atoms in total. The van der Waals surface area contributed by atoms with Crippen molar-refractivity contribution in [2.75, 3.05) is 0 Å². The number of ether oxygens (including phenoxy) is 1. The van der Waals surface area contributed by atoms with Crippen molar-refractivity contribution in [2.24, 2.45) is 0 Å². The van der Waals surface area contributed by atoms with Gasteiger partial charge in [-0.1, -0.05) is 11.6 Å². The number of H-pyrrole nitrogens is 1. The standard InChI is InChI=1S/C16H14BrClN2O2S/c1-7-9(3)23-16-13(7)15(21)19-14(20-16)8(2)22-12-5-4-10(18)6-11(12)17/h4-6,8H,1-3H3,(H,19,20,21)/t8-/m1/s1. The quantitative estimate of drug-likeness (QED) is 0.645. The molecule has 0 radical (unpaired) electrons. The predicted octanol–water partition coefficient (Wildman–Crippen LogP) is 5.16. The highest BCUT2D eigenvalue weighted by Crippen LogP contribution is 2.32. The van der Waals surface area contributed by atoms with E-state index in [0.717, 1.165) is 19.7 Å². The third-order valence-electron chi connectivity index (χ3n) is 3.64. The third kappa shape index (κ3) is 3.16. The summed E-state index contributed by atoms with van der Waals surface area (Å²) < 4.78 is 6.65. The van der Waals surface area contributed by atoms with Gasteiger partial charge in [-0.3, -0.25) is 4.79 Å². The number of nitrogens with one attached hydrogen (secondary N) is 1. The highest BCUT2D eigenvalue weighted by Gasteiger charge is 2.17. The maximum absolute atomic E-state index is 12.3. The molecule has 0 aliphatic carbocycles. The minimum absolute atomic E-state index is 0.127. The lowest BCUT2D eigenvalue weighted by Gasteiger charge is -2.15. The Morgan fingerprint density at radius 3 is 2.83 bits per heavy atom. The van der Waals surface area contributed by atoms with E-state index in [1.165, 1.54) is 11.3 Å². The number of aryl methyl sites for hydroxylation is 2. The summed E-state index contributed by atoms with van der Waals surface area (Å²) in [5.74, 6) is 1.15. The van der Waals surface area contributed by atoms with Crippen molar-refractivity contribution in [3.8, 4) is 5.75 Å². The summed E-state index contributed by atoms with van der Waals surface area (Å²) in [5.41, 5.74) is 0.858. The van der Waals surface area contributed by atoms with Crippen molar-refractivity contribution in [2.45, 2.75) is 26.9 Å². The van der Waals surface area contributed by atoms with Gasteiger partial charge in [-0.05, 0) is 60.5 Å². The largest absolute Gasteiger partial charge is 0.482 e. The average molecular weight is 414 g/mol. The fraction of sp³-hybridized carbons (Fsp3) is 0.250. The Balaban J connectivity index is 1.98. The molecule has 0 fully saturated rings. The summed E-state index contributed by atoms with van der Waals surface area (Å²) in [7, 11) is 0. The zero-order valence-corrected chi connectivity index (χ0v) is 15.9. The van der Waals surface area contributed by atoms with Crippen LogP contribution in [0.15, 0.2) is 27.5 Å². The second kappa shape index (κ2) is 6.26. The molecule has 0 unspecified atom stereocenters. The molecular formula is C16H14BrClN2O2S. The van der Waals surface area contributed by atoms with Crippen LogP contribution < -0.4 is 10.3 Å². The summed E-state index contributed by atoms with van der Waals surface area (Å²) in [5, 5.41) is 1.28. The maximum Gasteiger partial charge on any atom is 0.260 e. The van der Waals surface area contributed by atoms with E-state index in [9.17, 15) is 4.79 Å². The Morgan fingerprint density at radius 1 is 1.39 bits per heavy atom. The predicted molar refractivity (Wildman–Crippen MR) is 97.9 cm³/mol. The SMILES string of the molecule is Cc1sc2nc([C@@H](C)Oc3ccc(Cl)cc3Br)[nH]c(=O)c2c1C. The number of thiophene rings is 1. The molecule has 0 aliphatic heterocycles. The van der Waals surface area contributed by atoms with Crippen LogP contribution in [0.4, 0.5) is 0 Å². The summed E-state index contributed by atoms with van der Waals surface area (Å²) in [4.78, 5) is 21.6. The first-order chi connectivity index (χ1) is 10.9. The first-order valence-electron chi connectivity index (χ1n) is 6.98. The maximum atomic E-state index is 12.3.